The highest BCUT2D eigenvalue weighted by Gasteiger charge is 2.17. The number of fused-ring (bicyclic) bond motifs is 1. The molecule has 0 spiro atoms. The van der Waals surface area contributed by atoms with E-state index < -0.39 is 10.0 Å². The Balaban J connectivity index is 1.71. The van der Waals surface area contributed by atoms with Crippen molar-refractivity contribution in [1.29, 1.82) is 0 Å². The average molecular weight is 491 g/mol. The Kier molecular flexibility index (Phi) is 8.41. The van der Waals surface area contributed by atoms with E-state index in [4.69, 9.17) is 13.9 Å². The quantitative estimate of drug-likeness (QED) is 0.372. The summed E-state index contributed by atoms with van der Waals surface area (Å²) in [6.45, 7) is 4.80. The lowest BCUT2D eigenvalue weighted by atomic mass is 10.1. The van der Waals surface area contributed by atoms with Gasteiger partial charge in [-0.3, -0.25) is 9.52 Å². The Labute approximate surface area is 199 Å². The largest absolute Gasteiger partial charge is 0.492 e. The van der Waals surface area contributed by atoms with Crippen molar-refractivity contribution in [3.05, 3.63) is 53.8 Å². The van der Waals surface area contributed by atoms with Gasteiger partial charge in [-0.1, -0.05) is 12.1 Å². The predicted octanol–water partition coefficient (Wildman–Crippen LogP) is 3.10. The third kappa shape index (κ3) is 6.64. The maximum Gasteiger partial charge on any atom is 0.310 e. The molecule has 0 aliphatic carbocycles. The van der Waals surface area contributed by atoms with Gasteiger partial charge in [-0.2, -0.15) is 0 Å². The molecule has 1 aromatic heterocycles. The molecule has 0 radical (unpaired) electrons. The summed E-state index contributed by atoms with van der Waals surface area (Å²) >= 11 is 0. The van der Waals surface area contributed by atoms with Gasteiger partial charge in [0.25, 0.3) is 0 Å². The van der Waals surface area contributed by atoms with Crippen molar-refractivity contribution in [2.24, 2.45) is 0 Å². The van der Waals surface area contributed by atoms with Crippen LogP contribution in [0.5, 0.6) is 5.75 Å². The molecule has 0 amide bonds. The maximum absolute atomic E-state index is 11.9. The number of carbonyl (C=O) groups excluding carboxylic acids is 1. The molecule has 0 fully saturated rings. The van der Waals surface area contributed by atoms with E-state index >= 15 is 0 Å². The first-order valence-corrected chi connectivity index (χ1v) is 12.8. The SMILES string of the molecule is CCOC(=O)Cc1c(C)oc2cc(OCCN(CCO)c3ccccc3NS(C)(=O)=O)ccc12. The van der Waals surface area contributed by atoms with E-state index in [1.54, 1.807) is 37.3 Å². The molecule has 0 saturated carbocycles. The number of nitrogens with zero attached hydrogens (tertiary/aromatic N) is 1. The van der Waals surface area contributed by atoms with Crippen LogP contribution in [0.2, 0.25) is 0 Å². The zero-order chi connectivity index (χ0) is 24.7. The van der Waals surface area contributed by atoms with Crippen LogP contribution < -0.4 is 14.4 Å². The van der Waals surface area contributed by atoms with E-state index in [2.05, 4.69) is 4.72 Å². The first-order chi connectivity index (χ1) is 16.2. The van der Waals surface area contributed by atoms with Gasteiger partial charge in [-0.15, -0.1) is 0 Å². The number of anilines is 2. The van der Waals surface area contributed by atoms with Gasteiger partial charge in [0.2, 0.25) is 10.0 Å². The van der Waals surface area contributed by atoms with Gasteiger partial charge >= 0.3 is 5.97 Å². The van der Waals surface area contributed by atoms with Crippen molar-refractivity contribution in [2.45, 2.75) is 20.3 Å². The minimum absolute atomic E-state index is 0.103. The van der Waals surface area contributed by atoms with Crippen molar-refractivity contribution in [2.75, 3.05) is 48.8 Å². The Bertz CT molecular complexity index is 1240. The average Bonchev–Trinajstić information content (AvgIpc) is 3.07. The molecule has 0 atom stereocenters. The first-order valence-electron chi connectivity index (χ1n) is 10.9. The number of furan rings is 1. The van der Waals surface area contributed by atoms with E-state index in [0.29, 0.717) is 48.2 Å². The van der Waals surface area contributed by atoms with Gasteiger partial charge < -0.3 is 23.9 Å². The molecule has 184 valence electrons. The number of aliphatic hydroxyl groups is 1. The number of hydrogen-bond acceptors (Lipinski definition) is 8. The molecule has 0 aliphatic rings. The number of hydrogen-bond donors (Lipinski definition) is 2. The van der Waals surface area contributed by atoms with Crippen molar-refractivity contribution < 1.29 is 32.2 Å². The molecule has 10 heteroatoms. The monoisotopic (exact) mass is 490 g/mol. The Morgan fingerprint density at radius 1 is 1.18 bits per heavy atom. The zero-order valence-corrected chi connectivity index (χ0v) is 20.4. The molecule has 3 rings (SSSR count). The van der Waals surface area contributed by atoms with Gasteiger partial charge in [-0.25, -0.2) is 8.42 Å². The van der Waals surface area contributed by atoms with Crippen LogP contribution in [0.1, 0.15) is 18.2 Å². The molecule has 3 aromatic rings. The summed E-state index contributed by atoms with van der Waals surface area (Å²) in [5, 5.41) is 10.3. The lowest BCUT2D eigenvalue weighted by molar-refractivity contribution is -0.142. The number of ether oxygens (including phenoxy) is 2. The summed E-state index contributed by atoms with van der Waals surface area (Å²) in [6.07, 6.45) is 1.23. The minimum Gasteiger partial charge on any atom is -0.492 e. The molecular weight excluding hydrogens is 460 g/mol. The summed E-state index contributed by atoms with van der Waals surface area (Å²) in [5.74, 6) is 0.947. The van der Waals surface area contributed by atoms with E-state index in [1.165, 1.54) is 0 Å². The molecule has 0 saturated heterocycles. The van der Waals surface area contributed by atoms with Crippen molar-refractivity contribution in [3.8, 4) is 5.75 Å². The predicted molar refractivity (Wildman–Crippen MR) is 131 cm³/mol. The second kappa shape index (κ2) is 11.3. The molecule has 0 bridgehead atoms. The number of rotatable bonds is 12. The molecule has 0 unspecified atom stereocenters. The fourth-order valence-corrected chi connectivity index (χ4v) is 4.27. The van der Waals surface area contributed by atoms with Crippen LogP contribution in [-0.4, -0.2) is 58.7 Å². The number of aryl methyl sites for hydroxylation is 1. The fourth-order valence-electron chi connectivity index (χ4n) is 3.70. The highest BCUT2D eigenvalue weighted by Crippen LogP contribution is 2.30. The lowest BCUT2D eigenvalue weighted by Crippen LogP contribution is -2.32. The van der Waals surface area contributed by atoms with E-state index in [1.807, 2.05) is 24.0 Å². The second-order valence-electron chi connectivity index (χ2n) is 7.73. The molecule has 2 aromatic carbocycles. The van der Waals surface area contributed by atoms with Crippen LogP contribution in [0, 0.1) is 6.92 Å². The van der Waals surface area contributed by atoms with Gasteiger partial charge in [0.15, 0.2) is 0 Å². The van der Waals surface area contributed by atoms with Crippen molar-refractivity contribution in [1.82, 2.24) is 0 Å². The number of sulfonamides is 1. The minimum atomic E-state index is -3.45. The standard InChI is InChI=1S/C24H30N2O7S/c1-4-31-24(28)16-20-17(2)33-23-15-18(9-10-19(20)23)32-14-12-26(11-13-27)22-8-6-5-7-21(22)25-34(3,29)30/h5-10,15,25,27H,4,11-14,16H2,1-3H3. The maximum atomic E-state index is 11.9. The Morgan fingerprint density at radius 2 is 1.94 bits per heavy atom. The van der Waals surface area contributed by atoms with Crippen LogP contribution in [-0.2, 0) is 26.0 Å². The fraction of sp³-hybridized carbons (Fsp3) is 0.375. The summed E-state index contributed by atoms with van der Waals surface area (Å²) < 4.78 is 42.7. The smallest absolute Gasteiger partial charge is 0.310 e. The number of esters is 1. The number of carbonyl (C=O) groups is 1. The number of benzene rings is 2. The van der Waals surface area contributed by atoms with Crippen LogP contribution in [0.4, 0.5) is 11.4 Å². The van der Waals surface area contributed by atoms with Crippen LogP contribution >= 0.6 is 0 Å². The van der Waals surface area contributed by atoms with Crippen LogP contribution in [0.25, 0.3) is 11.0 Å². The molecular formula is C24H30N2O7S. The molecule has 34 heavy (non-hydrogen) atoms. The lowest BCUT2D eigenvalue weighted by Gasteiger charge is -2.26. The second-order valence-corrected chi connectivity index (χ2v) is 9.48. The highest BCUT2D eigenvalue weighted by molar-refractivity contribution is 7.92. The highest BCUT2D eigenvalue weighted by atomic mass is 32.2. The third-order valence-corrected chi connectivity index (χ3v) is 5.72. The summed E-state index contributed by atoms with van der Waals surface area (Å²) in [4.78, 5) is 13.7. The number of nitrogens with one attached hydrogen (secondary N) is 1. The van der Waals surface area contributed by atoms with Gasteiger partial charge in [0.1, 0.15) is 23.7 Å². The van der Waals surface area contributed by atoms with Gasteiger partial charge in [-0.05, 0) is 38.1 Å². The molecule has 1 heterocycles. The topological polar surface area (TPSA) is 118 Å². The molecule has 2 N–H and O–H groups in total. The third-order valence-electron chi connectivity index (χ3n) is 5.13. The van der Waals surface area contributed by atoms with Gasteiger partial charge in [0.05, 0.1) is 43.8 Å². The molecule has 0 aliphatic heterocycles. The van der Waals surface area contributed by atoms with Crippen LogP contribution in [0.3, 0.4) is 0 Å². The Morgan fingerprint density at radius 3 is 2.65 bits per heavy atom. The van der Waals surface area contributed by atoms with E-state index in [0.717, 1.165) is 17.2 Å². The normalized spacial score (nSPS) is 11.4. The van der Waals surface area contributed by atoms with Crippen molar-refractivity contribution >= 4 is 38.3 Å². The van der Waals surface area contributed by atoms with Gasteiger partial charge in [0, 0.05) is 23.6 Å². The molecule has 9 nitrogen and oxygen atoms in total. The number of para-hydroxylation sites is 2. The van der Waals surface area contributed by atoms with Crippen LogP contribution in [0.15, 0.2) is 46.9 Å². The Hall–Kier alpha value is -3.24. The summed E-state index contributed by atoms with van der Waals surface area (Å²) in [5.41, 5.74) is 2.49. The number of aliphatic hydroxyl groups excluding tert-OH is 1. The van der Waals surface area contributed by atoms with E-state index in [9.17, 15) is 18.3 Å². The first kappa shape index (κ1) is 25.4. The summed E-state index contributed by atoms with van der Waals surface area (Å²) in [6, 6.07) is 12.4. The van der Waals surface area contributed by atoms with E-state index in [-0.39, 0.29) is 25.6 Å². The summed E-state index contributed by atoms with van der Waals surface area (Å²) in [7, 11) is -3.45. The van der Waals surface area contributed by atoms with Crippen molar-refractivity contribution in [3.63, 3.8) is 0 Å². The zero-order valence-electron chi connectivity index (χ0n) is 19.5.